The van der Waals surface area contributed by atoms with E-state index in [4.69, 9.17) is 0 Å². The van der Waals surface area contributed by atoms with Gasteiger partial charge >= 0.3 is 0 Å². The van der Waals surface area contributed by atoms with Crippen LogP contribution in [0, 0.1) is 5.82 Å². The monoisotopic (exact) mass is 412 g/mol. The van der Waals surface area contributed by atoms with Crippen LogP contribution in [0.25, 0.3) is 0 Å². The maximum atomic E-state index is 14.2. The maximum Gasteiger partial charge on any atom is 0.242 e. The molecule has 1 atom stereocenters. The lowest BCUT2D eigenvalue weighted by Gasteiger charge is -2.31. The first-order chi connectivity index (χ1) is 14.1. The molecule has 0 aliphatic rings. The molecule has 0 aliphatic heterocycles. The number of benzene rings is 2. The minimum Gasteiger partial charge on any atom is -0.350 e. The average Bonchev–Trinajstić information content (AvgIpc) is 2.70. The van der Waals surface area contributed by atoms with Gasteiger partial charge in [0.25, 0.3) is 0 Å². The van der Waals surface area contributed by atoms with Gasteiger partial charge in [0.15, 0.2) is 0 Å². The van der Waals surface area contributed by atoms with E-state index in [0.717, 1.165) is 12.0 Å². The highest BCUT2D eigenvalue weighted by atomic mass is 19.1. The van der Waals surface area contributed by atoms with Gasteiger partial charge in [-0.05, 0) is 57.7 Å². The van der Waals surface area contributed by atoms with Crippen molar-refractivity contribution in [2.75, 3.05) is 0 Å². The Morgan fingerprint density at radius 2 is 1.63 bits per heavy atom. The lowest BCUT2D eigenvalue weighted by atomic mass is 10.0. The molecule has 2 rings (SSSR count). The Balaban J connectivity index is 2.16. The predicted octanol–water partition coefficient (Wildman–Crippen LogP) is 4.65. The van der Waals surface area contributed by atoms with Crippen molar-refractivity contribution < 1.29 is 14.0 Å². The van der Waals surface area contributed by atoms with Crippen LogP contribution in [0.5, 0.6) is 0 Å². The predicted molar refractivity (Wildman–Crippen MR) is 118 cm³/mol. The summed E-state index contributed by atoms with van der Waals surface area (Å²) in [7, 11) is 0. The van der Waals surface area contributed by atoms with Gasteiger partial charge in [-0.3, -0.25) is 9.59 Å². The Bertz CT molecular complexity index is 856. The molecule has 5 heteroatoms. The molecule has 0 bridgehead atoms. The molecule has 1 N–H and O–H groups in total. The third-order valence-electron chi connectivity index (χ3n) is 5.02. The number of nitrogens with one attached hydrogen (secondary N) is 1. The number of nitrogens with zero attached hydrogens (tertiary/aromatic N) is 1. The van der Waals surface area contributed by atoms with Crippen molar-refractivity contribution in [3.63, 3.8) is 0 Å². The Morgan fingerprint density at radius 3 is 2.20 bits per heavy atom. The highest BCUT2D eigenvalue weighted by molar-refractivity contribution is 5.87. The van der Waals surface area contributed by atoms with E-state index < -0.39 is 11.6 Å². The number of aryl methyl sites for hydroxylation is 2. The summed E-state index contributed by atoms with van der Waals surface area (Å²) in [6, 6.07) is 13.8. The number of amides is 2. The van der Waals surface area contributed by atoms with Crippen LogP contribution in [0.3, 0.4) is 0 Å². The van der Waals surface area contributed by atoms with Crippen molar-refractivity contribution in [3.05, 3.63) is 71.0 Å². The fourth-order valence-electron chi connectivity index (χ4n) is 3.20. The first-order valence-corrected chi connectivity index (χ1v) is 10.5. The van der Waals surface area contributed by atoms with Gasteiger partial charge in [-0.1, -0.05) is 49.4 Å². The molecule has 0 saturated heterocycles. The Labute approximate surface area is 179 Å². The van der Waals surface area contributed by atoms with Crippen LogP contribution in [-0.4, -0.2) is 28.3 Å². The normalized spacial score (nSPS) is 12.3. The Hall–Kier alpha value is -2.69. The van der Waals surface area contributed by atoms with Crippen molar-refractivity contribution in [2.24, 2.45) is 0 Å². The van der Waals surface area contributed by atoms with E-state index in [-0.39, 0.29) is 30.6 Å². The SMILES string of the molecule is CCc1ccc(CCC(=O)N(Cc2ccccc2F)[C@H](C)C(=O)NC(C)(C)C)cc1. The van der Waals surface area contributed by atoms with E-state index in [1.807, 2.05) is 32.9 Å². The summed E-state index contributed by atoms with van der Waals surface area (Å²) in [5, 5.41) is 2.91. The van der Waals surface area contributed by atoms with Crippen LogP contribution in [0.4, 0.5) is 4.39 Å². The molecule has 4 nitrogen and oxygen atoms in total. The van der Waals surface area contributed by atoms with Crippen LogP contribution in [0.1, 0.15) is 57.7 Å². The highest BCUT2D eigenvalue weighted by Crippen LogP contribution is 2.16. The van der Waals surface area contributed by atoms with Crippen molar-refractivity contribution in [3.8, 4) is 0 Å². The highest BCUT2D eigenvalue weighted by Gasteiger charge is 2.28. The fourth-order valence-corrected chi connectivity index (χ4v) is 3.20. The van der Waals surface area contributed by atoms with Crippen LogP contribution in [0.2, 0.25) is 0 Å². The van der Waals surface area contributed by atoms with Crippen LogP contribution in [-0.2, 0) is 29.0 Å². The molecule has 0 saturated carbocycles. The standard InChI is InChI=1S/C25H33FN2O2/c1-6-19-11-13-20(14-12-19)15-16-23(29)28(17-21-9-7-8-10-22(21)26)18(2)24(30)27-25(3,4)5/h7-14,18H,6,15-17H2,1-5H3,(H,27,30)/t18-/m1/s1. The van der Waals surface area contributed by atoms with Crippen molar-refractivity contribution >= 4 is 11.8 Å². The van der Waals surface area contributed by atoms with E-state index >= 15 is 0 Å². The van der Waals surface area contributed by atoms with Crippen LogP contribution in [0.15, 0.2) is 48.5 Å². The van der Waals surface area contributed by atoms with Gasteiger partial charge in [-0.15, -0.1) is 0 Å². The minimum atomic E-state index is -0.709. The Morgan fingerprint density at radius 1 is 1.03 bits per heavy atom. The van der Waals surface area contributed by atoms with E-state index in [1.165, 1.54) is 16.5 Å². The van der Waals surface area contributed by atoms with Gasteiger partial charge in [0.1, 0.15) is 11.9 Å². The van der Waals surface area contributed by atoms with Crippen LogP contribution >= 0.6 is 0 Å². The summed E-state index contributed by atoms with van der Waals surface area (Å²) in [4.78, 5) is 27.3. The number of rotatable bonds is 8. The molecule has 30 heavy (non-hydrogen) atoms. The lowest BCUT2D eigenvalue weighted by Crippen LogP contribution is -2.52. The topological polar surface area (TPSA) is 49.4 Å². The zero-order chi connectivity index (χ0) is 22.3. The molecule has 162 valence electrons. The molecule has 2 aromatic rings. The van der Waals surface area contributed by atoms with Crippen molar-refractivity contribution in [1.82, 2.24) is 10.2 Å². The third kappa shape index (κ3) is 6.97. The van der Waals surface area contributed by atoms with Crippen molar-refractivity contribution in [2.45, 2.75) is 72.0 Å². The lowest BCUT2D eigenvalue weighted by molar-refractivity contribution is -0.141. The van der Waals surface area contributed by atoms with E-state index in [9.17, 15) is 14.0 Å². The second-order valence-corrected chi connectivity index (χ2v) is 8.70. The number of halogens is 1. The molecule has 0 aromatic heterocycles. The van der Waals surface area contributed by atoms with Gasteiger partial charge in [0.05, 0.1) is 0 Å². The molecular weight excluding hydrogens is 379 g/mol. The zero-order valence-corrected chi connectivity index (χ0v) is 18.7. The van der Waals surface area contributed by atoms with Gasteiger partial charge < -0.3 is 10.2 Å². The molecule has 0 fully saturated rings. The summed E-state index contributed by atoms with van der Waals surface area (Å²) < 4.78 is 14.2. The molecule has 0 heterocycles. The summed E-state index contributed by atoms with van der Waals surface area (Å²) in [6.07, 6.45) is 1.80. The quantitative estimate of drug-likeness (QED) is 0.686. The molecule has 0 spiro atoms. The largest absolute Gasteiger partial charge is 0.350 e. The summed E-state index contributed by atoms with van der Waals surface area (Å²) >= 11 is 0. The second kappa shape index (κ2) is 10.4. The smallest absolute Gasteiger partial charge is 0.242 e. The molecule has 0 radical (unpaired) electrons. The number of hydrogen-bond acceptors (Lipinski definition) is 2. The number of carbonyl (C=O) groups is 2. The third-order valence-corrected chi connectivity index (χ3v) is 5.02. The number of carbonyl (C=O) groups excluding carboxylic acids is 2. The minimum absolute atomic E-state index is 0.0546. The number of hydrogen-bond donors (Lipinski definition) is 1. The van der Waals surface area contributed by atoms with Crippen molar-refractivity contribution in [1.29, 1.82) is 0 Å². The molecular formula is C25H33FN2O2. The fraction of sp³-hybridized carbons (Fsp3) is 0.440. The molecule has 2 amide bonds. The van der Waals surface area contributed by atoms with Crippen LogP contribution < -0.4 is 5.32 Å². The first kappa shape index (κ1) is 23.6. The Kier molecular flexibility index (Phi) is 8.16. The summed E-state index contributed by atoms with van der Waals surface area (Å²) in [5.41, 5.74) is 2.30. The van der Waals surface area contributed by atoms with Gasteiger partial charge in [0.2, 0.25) is 11.8 Å². The van der Waals surface area contributed by atoms with E-state index in [0.29, 0.717) is 12.0 Å². The van der Waals surface area contributed by atoms with Gasteiger partial charge in [0, 0.05) is 24.1 Å². The molecule has 2 aromatic carbocycles. The van der Waals surface area contributed by atoms with Gasteiger partial charge in [-0.2, -0.15) is 0 Å². The summed E-state index contributed by atoms with van der Waals surface area (Å²) in [6.45, 7) is 9.51. The first-order valence-electron chi connectivity index (χ1n) is 10.5. The molecule has 0 aliphatic carbocycles. The van der Waals surface area contributed by atoms with E-state index in [2.05, 4.69) is 24.4 Å². The zero-order valence-electron chi connectivity index (χ0n) is 18.7. The van der Waals surface area contributed by atoms with Gasteiger partial charge in [-0.25, -0.2) is 4.39 Å². The summed E-state index contributed by atoms with van der Waals surface area (Å²) in [5.74, 6) is -0.803. The second-order valence-electron chi connectivity index (χ2n) is 8.70. The van der Waals surface area contributed by atoms with E-state index in [1.54, 1.807) is 25.1 Å². The maximum absolute atomic E-state index is 14.2. The average molecular weight is 413 g/mol. The molecule has 0 unspecified atom stereocenters.